The number of sulfonamides is 1. The molecule has 0 saturated heterocycles. The summed E-state index contributed by atoms with van der Waals surface area (Å²) in [6, 6.07) is 14.6. The van der Waals surface area contributed by atoms with Crippen LogP contribution in [0.1, 0.15) is 36.7 Å². The molecule has 1 aliphatic rings. The SMILES string of the molecule is CNC(=O)NC(=O)c1c(NC(=O)c2ccc(S(=O)(=O)N(CC=N)CC=N)cc2)sc2c1CCN(Cc1ccccc1)C2. The Morgan fingerprint density at radius 3 is 2.29 bits per heavy atom. The molecule has 1 aliphatic heterocycles. The molecule has 4 rings (SSSR count). The number of rotatable bonds is 11. The Hall–Kier alpha value is -4.24. The molecule has 0 spiro atoms. The van der Waals surface area contributed by atoms with Crippen LogP contribution in [0.4, 0.5) is 9.80 Å². The van der Waals surface area contributed by atoms with Crippen LogP contribution < -0.4 is 16.0 Å². The molecule has 0 radical (unpaired) electrons. The van der Waals surface area contributed by atoms with Gasteiger partial charge in [0.05, 0.1) is 10.5 Å². The fourth-order valence-electron chi connectivity index (χ4n) is 4.57. The summed E-state index contributed by atoms with van der Waals surface area (Å²) in [6.07, 6.45) is 2.42. The molecule has 12 nitrogen and oxygen atoms in total. The zero-order chi connectivity index (χ0) is 30.3. The van der Waals surface area contributed by atoms with E-state index in [4.69, 9.17) is 10.8 Å². The van der Waals surface area contributed by atoms with Gasteiger partial charge in [-0.1, -0.05) is 30.3 Å². The van der Waals surface area contributed by atoms with E-state index in [-0.39, 0.29) is 29.1 Å². The number of carbonyl (C=O) groups is 3. The normalized spacial score (nSPS) is 13.2. The number of hydrogen-bond donors (Lipinski definition) is 5. The number of thiophene rings is 1. The quantitative estimate of drug-likeness (QED) is 0.209. The molecular weight excluding hydrogens is 578 g/mol. The van der Waals surface area contributed by atoms with Crippen molar-refractivity contribution in [3.05, 3.63) is 81.7 Å². The van der Waals surface area contributed by atoms with E-state index >= 15 is 0 Å². The van der Waals surface area contributed by atoms with Gasteiger partial charge in [-0.2, -0.15) is 4.31 Å². The minimum atomic E-state index is -3.98. The summed E-state index contributed by atoms with van der Waals surface area (Å²) in [4.78, 5) is 41.4. The average Bonchev–Trinajstić information content (AvgIpc) is 3.34. The maximum absolute atomic E-state index is 13.2. The number of nitrogens with zero attached hydrogens (tertiary/aromatic N) is 2. The molecule has 5 N–H and O–H groups in total. The molecular formula is C28H31N7O5S2. The number of anilines is 1. The van der Waals surface area contributed by atoms with Crippen LogP contribution in [-0.2, 0) is 29.5 Å². The number of amides is 4. The standard InChI is InChI=1S/C28H31N7O5S2/c1-31-28(38)33-26(37)24-22-11-14-34(17-19-5-3-2-4-6-19)18-23(22)41-27(24)32-25(36)20-7-9-21(10-8-20)42(39,40)35(15-12-29)16-13-30/h2-10,12-13,29-30H,11,14-18H2,1H3,(H,32,36)(H2,31,33,37,38). The molecule has 2 aromatic carbocycles. The van der Waals surface area contributed by atoms with Gasteiger partial charge < -0.3 is 21.5 Å². The molecule has 14 heteroatoms. The third kappa shape index (κ3) is 6.97. The van der Waals surface area contributed by atoms with Gasteiger partial charge in [-0.3, -0.25) is 19.8 Å². The summed E-state index contributed by atoms with van der Waals surface area (Å²) < 4.78 is 26.8. The molecule has 0 saturated carbocycles. The first-order chi connectivity index (χ1) is 20.2. The summed E-state index contributed by atoms with van der Waals surface area (Å²) in [5.74, 6) is -1.18. The molecule has 0 unspecified atom stereocenters. The smallest absolute Gasteiger partial charge is 0.321 e. The van der Waals surface area contributed by atoms with E-state index in [9.17, 15) is 22.8 Å². The number of imide groups is 1. The summed E-state index contributed by atoms with van der Waals surface area (Å²) in [6.45, 7) is 1.61. The van der Waals surface area contributed by atoms with Crippen molar-refractivity contribution in [2.45, 2.75) is 24.4 Å². The highest BCUT2D eigenvalue weighted by atomic mass is 32.2. The zero-order valence-electron chi connectivity index (χ0n) is 22.8. The average molecular weight is 610 g/mol. The van der Waals surface area contributed by atoms with Crippen LogP contribution in [-0.4, -0.2) is 74.6 Å². The lowest BCUT2D eigenvalue weighted by Gasteiger charge is -2.27. The topological polar surface area (TPSA) is 176 Å². The number of carbonyl (C=O) groups excluding carboxylic acids is 3. The van der Waals surface area contributed by atoms with Crippen LogP contribution >= 0.6 is 11.3 Å². The molecule has 3 aromatic rings. The van der Waals surface area contributed by atoms with E-state index in [1.807, 2.05) is 30.3 Å². The van der Waals surface area contributed by atoms with E-state index in [2.05, 4.69) is 20.9 Å². The van der Waals surface area contributed by atoms with Gasteiger partial charge >= 0.3 is 6.03 Å². The minimum absolute atomic E-state index is 0.0847. The number of hydrogen-bond acceptors (Lipinski definition) is 9. The van der Waals surface area contributed by atoms with Gasteiger partial charge in [-0.25, -0.2) is 13.2 Å². The summed E-state index contributed by atoms with van der Waals surface area (Å²) in [5.41, 5.74) is 2.33. The minimum Gasteiger partial charge on any atom is -0.341 e. The van der Waals surface area contributed by atoms with E-state index in [0.717, 1.165) is 39.3 Å². The highest BCUT2D eigenvalue weighted by Gasteiger charge is 2.30. The zero-order valence-corrected chi connectivity index (χ0v) is 24.5. The maximum Gasteiger partial charge on any atom is 0.321 e. The Kier molecular flexibility index (Phi) is 9.96. The first kappa shape index (κ1) is 30.7. The van der Waals surface area contributed by atoms with E-state index < -0.39 is 27.9 Å². The fourth-order valence-corrected chi connectivity index (χ4v) is 7.17. The van der Waals surface area contributed by atoms with Gasteiger partial charge in [0.2, 0.25) is 10.0 Å². The third-order valence-corrected chi connectivity index (χ3v) is 9.62. The van der Waals surface area contributed by atoms with Gasteiger partial charge in [0.15, 0.2) is 0 Å². The van der Waals surface area contributed by atoms with Gasteiger partial charge in [-0.05, 0) is 41.8 Å². The second kappa shape index (κ2) is 13.6. The van der Waals surface area contributed by atoms with E-state index in [1.54, 1.807) is 0 Å². The fraction of sp³-hybridized carbons (Fsp3) is 0.250. The van der Waals surface area contributed by atoms with Crippen LogP contribution in [0.5, 0.6) is 0 Å². The van der Waals surface area contributed by atoms with Crippen LogP contribution in [0.25, 0.3) is 0 Å². The predicted molar refractivity (Wildman–Crippen MR) is 161 cm³/mol. The summed E-state index contributed by atoms with van der Waals surface area (Å²) >= 11 is 1.27. The van der Waals surface area contributed by atoms with Gasteiger partial charge in [0.1, 0.15) is 5.00 Å². The molecule has 1 aromatic heterocycles. The van der Waals surface area contributed by atoms with Crippen LogP contribution in [0, 0.1) is 10.8 Å². The highest BCUT2D eigenvalue weighted by molar-refractivity contribution is 7.89. The monoisotopic (exact) mass is 609 g/mol. The lowest BCUT2D eigenvalue weighted by molar-refractivity contribution is 0.0964. The number of urea groups is 1. The van der Waals surface area contributed by atoms with E-state index in [1.165, 1.54) is 42.6 Å². The van der Waals surface area contributed by atoms with Crippen molar-refractivity contribution < 1.29 is 22.8 Å². The van der Waals surface area contributed by atoms with Crippen molar-refractivity contribution in [3.8, 4) is 0 Å². The molecule has 4 amide bonds. The second-order valence-corrected chi connectivity index (χ2v) is 12.4. The second-order valence-electron chi connectivity index (χ2n) is 9.40. The Morgan fingerprint density at radius 1 is 1.00 bits per heavy atom. The van der Waals surface area contributed by atoms with Crippen molar-refractivity contribution in [3.63, 3.8) is 0 Å². The molecule has 220 valence electrons. The summed E-state index contributed by atoms with van der Waals surface area (Å²) in [5, 5.41) is 22.2. The molecule has 2 heterocycles. The number of fused-ring (bicyclic) bond motifs is 1. The highest BCUT2D eigenvalue weighted by Crippen LogP contribution is 2.38. The van der Waals surface area contributed by atoms with Gasteiger partial charge in [0.25, 0.3) is 11.8 Å². The van der Waals surface area contributed by atoms with Crippen molar-refractivity contribution in [2.75, 3.05) is 32.0 Å². The van der Waals surface area contributed by atoms with Crippen molar-refractivity contribution in [1.29, 1.82) is 10.8 Å². The van der Waals surface area contributed by atoms with Gasteiger partial charge in [-0.15, -0.1) is 11.3 Å². The van der Waals surface area contributed by atoms with Crippen molar-refractivity contribution >= 4 is 56.6 Å². The van der Waals surface area contributed by atoms with Crippen molar-refractivity contribution in [2.24, 2.45) is 0 Å². The Balaban J connectivity index is 1.58. The Labute approximate surface area is 247 Å². The van der Waals surface area contributed by atoms with Gasteiger partial charge in [0, 0.05) is 62.6 Å². The summed E-state index contributed by atoms with van der Waals surface area (Å²) in [7, 11) is -2.58. The lowest BCUT2D eigenvalue weighted by Crippen LogP contribution is -2.38. The molecule has 0 bridgehead atoms. The maximum atomic E-state index is 13.2. The Bertz CT molecular complexity index is 1580. The largest absolute Gasteiger partial charge is 0.341 e. The van der Waals surface area contributed by atoms with Crippen LogP contribution in [0.15, 0.2) is 59.5 Å². The molecule has 0 fully saturated rings. The van der Waals surface area contributed by atoms with Crippen LogP contribution in [0.2, 0.25) is 0 Å². The molecule has 42 heavy (non-hydrogen) atoms. The number of nitrogens with one attached hydrogen (secondary N) is 5. The van der Waals surface area contributed by atoms with Crippen molar-refractivity contribution in [1.82, 2.24) is 19.8 Å². The first-order valence-corrected chi connectivity index (χ1v) is 15.3. The molecule has 0 atom stereocenters. The first-order valence-electron chi connectivity index (χ1n) is 13.0. The molecule has 0 aliphatic carbocycles. The third-order valence-electron chi connectivity index (χ3n) is 6.64. The van der Waals surface area contributed by atoms with Crippen LogP contribution in [0.3, 0.4) is 0 Å². The lowest BCUT2D eigenvalue weighted by atomic mass is 10.0. The van der Waals surface area contributed by atoms with E-state index in [0.29, 0.717) is 24.5 Å². The Morgan fingerprint density at radius 2 is 1.67 bits per heavy atom. The number of benzene rings is 2. The predicted octanol–water partition coefficient (Wildman–Crippen LogP) is 2.92.